The van der Waals surface area contributed by atoms with E-state index in [1.165, 1.54) is 25.3 Å². The second-order valence-electron chi connectivity index (χ2n) is 5.07. The molecule has 0 heterocycles. The van der Waals surface area contributed by atoms with Crippen LogP contribution in [-0.4, -0.2) is 7.11 Å². The SMILES string of the molecule is COc1ccc(C(C)NCc2cc(F)ccc2C)cc1F. The number of nitrogens with one attached hydrogen (secondary N) is 1. The summed E-state index contributed by atoms with van der Waals surface area (Å²) < 4.78 is 31.8. The Kier molecular flexibility index (Phi) is 4.91. The number of methoxy groups -OCH3 is 1. The third kappa shape index (κ3) is 3.79. The van der Waals surface area contributed by atoms with Crippen molar-refractivity contribution in [1.82, 2.24) is 5.32 Å². The van der Waals surface area contributed by atoms with Gasteiger partial charge in [-0.05, 0) is 54.8 Å². The lowest BCUT2D eigenvalue weighted by Gasteiger charge is -2.16. The molecule has 2 rings (SSSR count). The molecule has 2 nitrogen and oxygen atoms in total. The molecule has 0 amide bonds. The Labute approximate surface area is 123 Å². The number of halogens is 2. The molecule has 2 aromatic carbocycles. The normalized spacial score (nSPS) is 12.2. The third-order valence-corrected chi connectivity index (χ3v) is 3.59. The van der Waals surface area contributed by atoms with Gasteiger partial charge in [-0.15, -0.1) is 0 Å². The van der Waals surface area contributed by atoms with Gasteiger partial charge in [0.1, 0.15) is 5.82 Å². The number of rotatable bonds is 5. The molecule has 0 radical (unpaired) electrons. The molecule has 21 heavy (non-hydrogen) atoms. The zero-order valence-corrected chi connectivity index (χ0v) is 12.4. The lowest BCUT2D eigenvalue weighted by atomic mass is 10.1. The molecule has 0 spiro atoms. The van der Waals surface area contributed by atoms with Gasteiger partial charge in [0, 0.05) is 12.6 Å². The van der Waals surface area contributed by atoms with Crippen LogP contribution in [0.2, 0.25) is 0 Å². The highest BCUT2D eigenvalue weighted by atomic mass is 19.1. The van der Waals surface area contributed by atoms with Crippen molar-refractivity contribution in [2.75, 3.05) is 7.11 Å². The molecule has 0 aliphatic carbocycles. The Hall–Kier alpha value is -1.94. The first kappa shape index (κ1) is 15.4. The van der Waals surface area contributed by atoms with Crippen LogP contribution in [0.4, 0.5) is 8.78 Å². The van der Waals surface area contributed by atoms with Crippen molar-refractivity contribution in [2.45, 2.75) is 26.4 Å². The van der Waals surface area contributed by atoms with E-state index >= 15 is 0 Å². The summed E-state index contributed by atoms with van der Waals surface area (Å²) in [6.07, 6.45) is 0. The van der Waals surface area contributed by atoms with E-state index in [0.717, 1.165) is 16.7 Å². The van der Waals surface area contributed by atoms with Crippen molar-refractivity contribution in [2.24, 2.45) is 0 Å². The molecule has 1 N–H and O–H groups in total. The van der Waals surface area contributed by atoms with Crippen molar-refractivity contribution in [3.05, 3.63) is 64.7 Å². The van der Waals surface area contributed by atoms with E-state index in [-0.39, 0.29) is 23.4 Å². The Morgan fingerprint density at radius 1 is 1.14 bits per heavy atom. The molecule has 112 valence electrons. The Morgan fingerprint density at radius 2 is 1.90 bits per heavy atom. The fourth-order valence-electron chi connectivity index (χ4n) is 2.16. The summed E-state index contributed by atoms with van der Waals surface area (Å²) in [7, 11) is 1.44. The lowest BCUT2D eigenvalue weighted by molar-refractivity contribution is 0.385. The van der Waals surface area contributed by atoms with Crippen LogP contribution >= 0.6 is 0 Å². The van der Waals surface area contributed by atoms with E-state index in [4.69, 9.17) is 4.74 Å². The third-order valence-electron chi connectivity index (χ3n) is 3.59. The summed E-state index contributed by atoms with van der Waals surface area (Å²) >= 11 is 0. The Bertz CT molecular complexity index is 628. The van der Waals surface area contributed by atoms with Gasteiger partial charge >= 0.3 is 0 Å². The average Bonchev–Trinajstić information content (AvgIpc) is 2.47. The van der Waals surface area contributed by atoms with Crippen molar-refractivity contribution in [3.63, 3.8) is 0 Å². The second-order valence-corrected chi connectivity index (χ2v) is 5.07. The monoisotopic (exact) mass is 291 g/mol. The number of hydrogen-bond donors (Lipinski definition) is 1. The van der Waals surface area contributed by atoms with Crippen LogP contribution in [0, 0.1) is 18.6 Å². The van der Waals surface area contributed by atoms with Crippen LogP contribution < -0.4 is 10.1 Å². The van der Waals surface area contributed by atoms with Crippen LogP contribution in [0.1, 0.15) is 29.7 Å². The van der Waals surface area contributed by atoms with Gasteiger partial charge in [0.05, 0.1) is 7.11 Å². The van der Waals surface area contributed by atoms with Crippen molar-refractivity contribution in [3.8, 4) is 5.75 Å². The first-order chi connectivity index (χ1) is 10.0. The molecule has 4 heteroatoms. The predicted molar refractivity (Wildman–Crippen MR) is 79.3 cm³/mol. The second kappa shape index (κ2) is 6.68. The molecular weight excluding hydrogens is 272 g/mol. The molecule has 0 saturated heterocycles. The van der Waals surface area contributed by atoms with Gasteiger partial charge < -0.3 is 10.1 Å². The lowest BCUT2D eigenvalue weighted by Crippen LogP contribution is -2.19. The topological polar surface area (TPSA) is 21.3 Å². The van der Waals surface area contributed by atoms with Crippen LogP contribution in [0.15, 0.2) is 36.4 Å². The van der Waals surface area contributed by atoms with Gasteiger partial charge in [-0.1, -0.05) is 12.1 Å². The van der Waals surface area contributed by atoms with Crippen molar-refractivity contribution < 1.29 is 13.5 Å². The molecule has 0 saturated carbocycles. The fourth-order valence-corrected chi connectivity index (χ4v) is 2.16. The van der Waals surface area contributed by atoms with Gasteiger partial charge in [0.25, 0.3) is 0 Å². The van der Waals surface area contributed by atoms with Crippen LogP contribution in [0.25, 0.3) is 0 Å². The van der Waals surface area contributed by atoms with E-state index in [1.54, 1.807) is 12.1 Å². The summed E-state index contributed by atoms with van der Waals surface area (Å²) in [5.41, 5.74) is 2.75. The average molecular weight is 291 g/mol. The molecule has 0 aromatic heterocycles. The van der Waals surface area contributed by atoms with Crippen LogP contribution in [0.3, 0.4) is 0 Å². The predicted octanol–water partition coefficient (Wildman–Crippen LogP) is 4.13. The summed E-state index contributed by atoms with van der Waals surface area (Å²) in [4.78, 5) is 0. The molecule has 0 bridgehead atoms. The summed E-state index contributed by atoms with van der Waals surface area (Å²) in [5.74, 6) is -0.405. The maximum atomic E-state index is 13.7. The van der Waals surface area contributed by atoms with Crippen LogP contribution in [0.5, 0.6) is 5.75 Å². The molecule has 2 aromatic rings. The minimum Gasteiger partial charge on any atom is -0.494 e. The molecule has 0 aliphatic heterocycles. The summed E-state index contributed by atoms with van der Waals surface area (Å²) in [6, 6.07) is 9.55. The van der Waals surface area contributed by atoms with E-state index in [0.29, 0.717) is 6.54 Å². The molecule has 1 unspecified atom stereocenters. The zero-order chi connectivity index (χ0) is 15.4. The van der Waals surface area contributed by atoms with E-state index < -0.39 is 0 Å². The smallest absolute Gasteiger partial charge is 0.165 e. The molecule has 1 atom stereocenters. The first-order valence-electron chi connectivity index (χ1n) is 6.83. The van der Waals surface area contributed by atoms with Gasteiger partial charge in [0.15, 0.2) is 11.6 Å². The summed E-state index contributed by atoms with van der Waals surface area (Å²) in [6.45, 7) is 4.41. The minimum atomic E-state index is -0.384. The quantitative estimate of drug-likeness (QED) is 0.894. The first-order valence-corrected chi connectivity index (χ1v) is 6.83. The fraction of sp³-hybridized carbons (Fsp3) is 0.294. The summed E-state index contributed by atoms with van der Waals surface area (Å²) in [5, 5.41) is 3.27. The number of benzene rings is 2. The highest BCUT2D eigenvalue weighted by Gasteiger charge is 2.10. The minimum absolute atomic E-state index is 0.0481. The van der Waals surface area contributed by atoms with Gasteiger partial charge in [-0.2, -0.15) is 0 Å². The Morgan fingerprint density at radius 3 is 2.57 bits per heavy atom. The number of ether oxygens (including phenoxy) is 1. The van der Waals surface area contributed by atoms with Gasteiger partial charge in [0.2, 0.25) is 0 Å². The van der Waals surface area contributed by atoms with Crippen LogP contribution in [-0.2, 0) is 6.54 Å². The maximum Gasteiger partial charge on any atom is 0.165 e. The van der Waals surface area contributed by atoms with E-state index in [1.807, 2.05) is 19.9 Å². The molecular formula is C17H19F2NO. The highest BCUT2D eigenvalue weighted by Crippen LogP contribution is 2.22. The molecule has 0 fully saturated rings. The standard InChI is InChI=1S/C17H19F2NO/c1-11-4-6-15(18)8-14(11)10-20-12(2)13-5-7-17(21-3)16(19)9-13/h4-9,12,20H,10H2,1-3H3. The largest absolute Gasteiger partial charge is 0.494 e. The maximum absolute atomic E-state index is 13.7. The van der Waals surface area contributed by atoms with Crippen molar-refractivity contribution >= 4 is 0 Å². The van der Waals surface area contributed by atoms with E-state index in [9.17, 15) is 8.78 Å². The Balaban J connectivity index is 2.06. The van der Waals surface area contributed by atoms with Gasteiger partial charge in [-0.3, -0.25) is 0 Å². The van der Waals surface area contributed by atoms with E-state index in [2.05, 4.69) is 5.32 Å². The van der Waals surface area contributed by atoms with Gasteiger partial charge in [-0.25, -0.2) is 8.78 Å². The number of aryl methyl sites for hydroxylation is 1. The molecule has 0 aliphatic rings. The zero-order valence-electron chi connectivity index (χ0n) is 12.4. The van der Waals surface area contributed by atoms with Crippen molar-refractivity contribution in [1.29, 1.82) is 0 Å². The highest BCUT2D eigenvalue weighted by molar-refractivity contribution is 5.31. The number of hydrogen-bond acceptors (Lipinski definition) is 2.